The second kappa shape index (κ2) is 5.41. The van der Waals surface area contributed by atoms with Gasteiger partial charge in [0.25, 0.3) is 0 Å². The number of nitrogen functional groups attached to an aromatic ring is 1. The topological polar surface area (TPSA) is 62.7 Å². The van der Waals surface area contributed by atoms with Gasteiger partial charge in [-0.25, -0.2) is 4.98 Å². The fourth-order valence-electron chi connectivity index (χ4n) is 2.06. The third-order valence-electron chi connectivity index (χ3n) is 3.12. The van der Waals surface area contributed by atoms with Crippen molar-refractivity contribution in [3.63, 3.8) is 0 Å². The number of nitrogens with two attached hydrogens (primary N) is 1. The standard InChI is InChI=1S/C15H17N3S/c1-9(2)14-13(19-15(17)18-14)7-12-6-11(8-16)5-4-10(12)3/h4-6,9H,7H2,1-3H3,(H2,17,18). The summed E-state index contributed by atoms with van der Waals surface area (Å²) < 4.78 is 0. The van der Waals surface area contributed by atoms with Gasteiger partial charge < -0.3 is 5.73 Å². The largest absolute Gasteiger partial charge is 0.375 e. The number of anilines is 1. The fraction of sp³-hybridized carbons (Fsp3) is 0.333. The van der Waals surface area contributed by atoms with Gasteiger partial charge in [-0.05, 0) is 36.1 Å². The molecule has 0 unspecified atom stereocenters. The van der Waals surface area contributed by atoms with E-state index in [2.05, 4.69) is 31.8 Å². The zero-order valence-electron chi connectivity index (χ0n) is 11.4. The van der Waals surface area contributed by atoms with Crippen LogP contribution in [0.5, 0.6) is 0 Å². The van der Waals surface area contributed by atoms with Gasteiger partial charge in [-0.1, -0.05) is 19.9 Å². The van der Waals surface area contributed by atoms with Crippen molar-refractivity contribution in [1.82, 2.24) is 4.98 Å². The molecule has 0 atom stereocenters. The number of benzene rings is 1. The maximum Gasteiger partial charge on any atom is 0.180 e. The highest BCUT2D eigenvalue weighted by atomic mass is 32.1. The molecule has 0 radical (unpaired) electrons. The molecule has 0 aliphatic carbocycles. The predicted octanol–water partition coefficient (Wildman–Crippen LogP) is 3.62. The lowest BCUT2D eigenvalue weighted by Gasteiger charge is -2.08. The van der Waals surface area contributed by atoms with Gasteiger partial charge in [-0.2, -0.15) is 5.26 Å². The molecule has 1 heterocycles. The molecule has 2 N–H and O–H groups in total. The van der Waals surface area contributed by atoms with Crippen LogP contribution in [0.25, 0.3) is 0 Å². The minimum Gasteiger partial charge on any atom is -0.375 e. The van der Waals surface area contributed by atoms with Gasteiger partial charge in [0, 0.05) is 11.3 Å². The molecule has 1 aromatic heterocycles. The van der Waals surface area contributed by atoms with Gasteiger partial charge in [0.1, 0.15) is 0 Å². The van der Waals surface area contributed by atoms with Gasteiger partial charge in [0.05, 0.1) is 17.3 Å². The van der Waals surface area contributed by atoms with E-state index >= 15 is 0 Å². The molecule has 4 heteroatoms. The Labute approximate surface area is 117 Å². The van der Waals surface area contributed by atoms with E-state index < -0.39 is 0 Å². The first kappa shape index (κ1) is 13.6. The molecular weight excluding hydrogens is 254 g/mol. The van der Waals surface area contributed by atoms with Crippen LogP contribution in [0, 0.1) is 18.3 Å². The van der Waals surface area contributed by atoms with Crippen LogP contribution in [-0.4, -0.2) is 4.98 Å². The summed E-state index contributed by atoms with van der Waals surface area (Å²) in [5.41, 5.74) is 9.96. The van der Waals surface area contributed by atoms with Crippen molar-refractivity contribution in [2.24, 2.45) is 0 Å². The molecule has 0 amide bonds. The Bertz CT molecular complexity index is 635. The summed E-state index contributed by atoms with van der Waals surface area (Å²) in [6.07, 6.45) is 0.795. The number of thiazole rings is 1. The highest BCUT2D eigenvalue weighted by Gasteiger charge is 2.14. The molecule has 0 aliphatic rings. The van der Waals surface area contributed by atoms with Gasteiger partial charge >= 0.3 is 0 Å². The lowest BCUT2D eigenvalue weighted by atomic mass is 9.99. The number of nitriles is 1. The van der Waals surface area contributed by atoms with Crippen molar-refractivity contribution in [2.75, 3.05) is 5.73 Å². The van der Waals surface area contributed by atoms with Gasteiger partial charge in [0.2, 0.25) is 0 Å². The van der Waals surface area contributed by atoms with Crippen molar-refractivity contribution in [3.8, 4) is 6.07 Å². The molecule has 0 saturated carbocycles. The molecule has 98 valence electrons. The minimum atomic E-state index is 0.364. The van der Waals surface area contributed by atoms with Gasteiger partial charge in [0.15, 0.2) is 5.13 Å². The first-order valence-electron chi connectivity index (χ1n) is 6.26. The summed E-state index contributed by atoms with van der Waals surface area (Å²) in [4.78, 5) is 5.61. The predicted molar refractivity (Wildman–Crippen MR) is 79.3 cm³/mol. The molecule has 2 rings (SSSR count). The van der Waals surface area contributed by atoms with Crippen LogP contribution >= 0.6 is 11.3 Å². The van der Waals surface area contributed by atoms with E-state index in [9.17, 15) is 0 Å². The van der Waals surface area contributed by atoms with Crippen LogP contribution < -0.4 is 5.73 Å². The fourth-order valence-corrected chi connectivity index (χ4v) is 3.07. The van der Waals surface area contributed by atoms with E-state index in [0.29, 0.717) is 16.6 Å². The monoisotopic (exact) mass is 271 g/mol. The summed E-state index contributed by atoms with van der Waals surface area (Å²) in [5, 5.41) is 9.60. The second-order valence-corrected chi connectivity index (χ2v) is 6.06. The molecule has 0 bridgehead atoms. The SMILES string of the molecule is Cc1ccc(C#N)cc1Cc1sc(N)nc1C(C)C. The molecule has 19 heavy (non-hydrogen) atoms. The van der Waals surface area contributed by atoms with E-state index in [1.165, 1.54) is 16.0 Å². The molecule has 0 spiro atoms. The van der Waals surface area contributed by atoms with Crippen molar-refractivity contribution in [2.45, 2.75) is 33.1 Å². The van der Waals surface area contributed by atoms with Gasteiger partial charge in [-0.3, -0.25) is 0 Å². The lowest BCUT2D eigenvalue weighted by molar-refractivity contribution is 0.820. The van der Waals surface area contributed by atoms with Crippen molar-refractivity contribution in [1.29, 1.82) is 5.26 Å². The Morgan fingerprint density at radius 2 is 2.16 bits per heavy atom. The van der Waals surface area contributed by atoms with Crippen molar-refractivity contribution < 1.29 is 0 Å². The van der Waals surface area contributed by atoms with Crippen LogP contribution in [-0.2, 0) is 6.42 Å². The van der Waals surface area contributed by atoms with E-state index in [1.54, 1.807) is 11.3 Å². The van der Waals surface area contributed by atoms with Crippen LogP contribution in [0.2, 0.25) is 0 Å². The summed E-state index contributed by atoms with van der Waals surface area (Å²) in [7, 11) is 0. The Kier molecular flexibility index (Phi) is 3.87. The molecule has 1 aromatic carbocycles. The minimum absolute atomic E-state index is 0.364. The average molecular weight is 271 g/mol. The number of aryl methyl sites for hydroxylation is 1. The van der Waals surface area contributed by atoms with Crippen LogP contribution in [0.1, 0.15) is 47.0 Å². The smallest absolute Gasteiger partial charge is 0.180 e. The molecule has 0 fully saturated rings. The highest BCUT2D eigenvalue weighted by Crippen LogP contribution is 2.29. The Morgan fingerprint density at radius 1 is 1.42 bits per heavy atom. The first-order chi connectivity index (χ1) is 9.01. The van der Waals surface area contributed by atoms with Crippen LogP contribution in [0.15, 0.2) is 18.2 Å². The first-order valence-corrected chi connectivity index (χ1v) is 7.07. The third-order valence-corrected chi connectivity index (χ3v) is 4.02. The summed E-state index contributed by atoms with van der Waals surface area (Å²) in [6.45, 7) is 6.31. The Balaban J connectivity index is 2.39. The maximum absolute atomic E-state index is 8.99. The van der Waals surface area contributed by atoms with E-state index in [0.717, 1.165) is 12.1 Å². The molecular formula is C15H17N3S. The molecule has 0 aliphatic heterocycles. The lowest BCUT2D eigenvalue weighted by Crippen LogP contribution is -1.97. The quantitative estimate of drug-likeness (QED) is 0.927. The number of rotatable bonds is 3. The highest BCUT2D eigenvalue weighted by molar-refractivity contribution is 7.15. The third kappa shape index (κ3) is 2.94. The van der Waals surface area contributed by atoms with Crippen molar-refractivity contribution >= 4 is 16.5 Å². The normalized spacial score (nSPS) is 10.7. The van der Waals surface area contributed by atoms with Crippen molar-refractivity contribution in [3.05, 3.63) is 45.5 Å². The zero-order chi connectivity index (χ0) is 14.0. The second-order valence-electron chi connectivity index (χ2n) is 4.95. The Hall–Kier alpha value is -1.86. The maximum atomic E-state index is 8.99. The number of hydrogen-bond donors (Lipinski definition) is 1. The molecule has 0 saturated heterocycles. The van der Waals surface area contributed by atoms with Crippen LogP contribution in [0.4, 0.5) is 5.13 Å². The van der Waals surface area contributed by atoms with E-state index in [4.69, 9.17) is 11.0 Å². The van der Waals surface area contributed by atoms with E-state index in [-0.39, 0.29) is 0 Å². The average Bonchev–Trinajstić information content (AvgIpc) is 2.73. The zero-order valence-corrected chi connectivity index (χ0v) is 12.2. The number of nitrogens with zero attached hydrogens (tertiary/aromatic N) is 2. The van der Waals surface area contributed by atoms with Gasteiger partial charge in [-0.15, -0.1) is 11.3 Å². The number of aromatic nitrogens is 1. The Morgan fingerprint density at radius 3 is 2.79 bits per heavy atom. The summed E-state index contributed by atoms with van der Waals surface area (Å²) in [5.74, 6) is 0.364. The summed E-state index contributed by atoms with van der Waals surface area (Å²) in [6, 6.07) is 7.98. The molecule has 2 aromatic rings. The number of hydrogen-bond acceptors (Lipinski definition) is 4. The van der Waals surface area contributed by atoms with E-state index in [1.807, 2.05) is 18.2 Å². The van der Waals surface area contributed by atoms with Crippen LogP contribution in [0.3, 0.4) is 0 Å². The summed E-state index contributed by atoms with van der Waals surface area (Å²) >= 11 is 1.54. The molecule has 3 nitrogen and oxygen atoms in total.